The Hall–Kier alpha value is -3.09. The number of nitro groups is 1. The van der Waals surface area contributed by atoms with Gasteiger partial charge < -0.3 is 4.90 Å². The van der Waals surface area contributed by atoms with Gasteiger partial charge in [-0.2, -0.15) is 0 Å². The van der Waals surface area contributed by atoms with E-state index in [2.05, 4.69) is 0 Å². The maximum atomic E-state index is 13.9. The van der Waals surface area contributed by atoms with Crippen LogP contribution in [0, 0.1) is 21.7 Å². The fourth-order valence-corrected chi connectivity index (χ4v) is 2.61. The third-order valence-corrected chi connectivity index (χ3v) is 4.13. The molecule has 26 heavy (non-hydrogen) atoms. The lowest BCUT2D eigenvalue weighted by molar-refractivity contribution is -0.384. The summed E-state index contributed by atoms with van der Waals surface area (Å²) in [6, 6.07) is 9.24. The average Bonchev–Trinajstić information content (AvgIpc) is 3.44. The minimum atomic E-state index is -0.689. The van der Waals surface area contributed by atoms with Gasteiger partial charge in [0.1, 0.15) is 11.6 Å². The third-order valence-electron chi connectivity index (χ3n) is 4.13. The van der Waals surface area contributed by atoms with E-state index in [1.54, 1.807) is 6.07 Å². The van der Waals surface area contributed by atoms with Crippen LogP contribution in [-0.2, 0) is 11.3 Å². The average molecular weight is 358 g/mol. The Morgan fingerprint density at radius 3 is 2.65 bits per heavy atom. The van der Waals surface area contributed by atoms with Gasteiger partial charge in [-0.15, -0.1) is 0 Å². The first-order chi connectivity index (χ1) is 12.4. The van der Waals surface area contributed by atoms with Crippen LogP contribution in [0.4, 0.5) is 14.5 Å². The predicted molar refractivity (Wildman–Crippen MR) is 92.1 cm³/mol. The zero-order valence-electron chi connectivity index (χ0n) is 13.8. The predicted octanol–water partition coefficient (Wildman–Crippen LogP) is 4.08. The van der Waals surface area contributed by atoms with E-state index in [-0.39, 0.29) is 29.7 Å². The lowest BCUT2D eigenvalue weighted by atomic mass is 10.1. The zero-order chi connectivity index (χ0) is 18.7. The summed E-state index contributed by atoms with van der Waals surface area (Å²) in [4.78, 5) is 24.3. The van der Waals surface area contributed by atoms with E-state index < -0.39 is 16.6 Å². The van der Waals surface area contributed by atoms with Crippen molar-refractivity contribution in [1.29, 1.82) is 0 Å². The highest BCUT2D eigenvalue weighted by molar-refractivity contribution is 5.92. The van der Waals surface area contributed by atoms with Gasteiger partial charge in [-0.25, -0.2) is 8.78 Å². The monoisotopic (exact) mass is 358 g/mol. The van der Waals surface area contributed by atoms with Gasteiger partial charge in [0.05, 0.1) is 4.92 Å². The van der Waals surface area contributed by atoms with Crippen molar-refractivity contribution in [2.45, 2.75) is 25.4 Å². The standard InChI is InChI=1S/C19H16F2N2O3/c20-15-6-5-14(18(21)11-15)12-22(16-7-8-16)19(24)9-4-13-2-1-3-17(10-13)23(25)26/h1-6,9-11,16H,7-8,12H2/b9-4+. The number of nitro benzene ring substituents is 1. The van der Waals surface area contributed by atoms with Crippen LogP contribution in [0.25, 0.3) is 6.08 Å². The normalized spacial score (nSPS) is 13.8. The summed E-state index contributed by atoms with van der Waals surface area (Å²) in [6.07, 6.45) is 4.48. The van der Waals surface area contributed by atoms with Crippen molar-refractivity contribution in [3.63, 3.8) is 0 Å². The number of rotatable bonds is 6. The first-order valence-corrected chi connectivity index (χ1v) is 8.11. The minimum absolute atomic E-state index is 0.0294. The number of benzene rings is 2. The molecule has 1 saturated carbocycles. The molecule has 134 valence electrons. The number of halogens is 2. The Bertz CT molecular complexity index is 879. The molecule has 2 aromatic carbocycles. The SMILES string of the molecule is O=C(/C=C/c1cccc([N+](=O)[O-])c1)N(Cc1ccc(F)cc1F)C1CC1. The molecule has 0 aliphatic heterocycles. The van der Waals surface area contributed by atoms with Crippen LogP contribution in [0.1, 0.15) is 24.0 Å². The van der Waals surface area contributed by atoms with Gasteiger partial charge in [0, 0.05) is 42.4 Å². The molecule has 1 amide bonds. The topological polar surface area (TPSA) is 63.4 Å². The number of hydrogen-bond donors (Lipinski definition) is 0. The van der Waals surface area contributed by atoms with Crippen molar-refractivity contribution >= 4 is 17.7 Å². The number of non-ortho nitro benzene ring substituents is 1. The fraction of sp³-hybridized carbons (Fsp3) is 0.211. The van der Waals surface area contributed by atoms with Crippen LogP contribution in [0.2, 0.25) is 0 Å². The molecule has 0 aromatic heterocycles. The number of carbonyl (C=O) groups is 1. The van der Waals surface area contributed by atoms with Gasteiger partial charge in [0.25, 0.3) is 5.69 Å². The van der Waals surface area contributed by atoms with Gasteiger partial charge in [0.15, 0.2) is 0 Å². The van der Waals surface area contributed by atoms with Gasteiger partial charge in [0.2, 0.25) is 5.91 Å². The minimum Gasteiger partial charge on any atom is -0.332 e. The zero-order valence-corrected chi connectivity index (χ0v) is 13.8. The van der Waals surface area contributed by atoms with Crippen LogP contribution >= 0.6 is 0 Å². The van der Waals surface area contributed by atoms with Crippen molar-refractivity contribution in [3.8, 4) is 0 Å². The van der Waals surface area contributed by atoms with Crippen LogP contribution in [0.15, 0.2) is 48.5 Å². The molecule has 0 spiro atoms. The summed E-state index contributed by atoms with van der Waals surface area (Å²) in [5.41, 5.74) is 0.707. The number of carbonyl (C=O) groups excluding carboxylic acids is 1. The van der Waals surface area contributed by atoms with Gasteiger partial charge in [-0.05, 0) is 30.5 Å². The molecule has 1 aliphatic rings. The maximum Gasteiger partial charge on any atom is 0.270 e. The lowest BCUT2D eigenvalue weighted by Gasteiger charge is -2.21. The summed E-state index contributed by atoms with van der Waals surface area (Å²) >= 11 is 0. The van der Waals surface area contributed by atoms with Crippen molar-refractivity contribution in [3.05, 3.63) is 81.4 Å². The molecule has 1 aliphatic carbocycles. The number of hydrogen-bond acceptors (Lipinski definition) is 3. The molecule has 0 saturated heterocycles. The van der Waals surface area contributed by atoms with E-state index in [0.717, 1.165) is 25.0 Å². The highest BCUT2D eigenvalue weighted by Gasteiger charge is 2.32. The molecule has 5 nitrogen and oxygen atoms in total. The van der Waals surface area contributed by atoms with Crippen LogP contribution in [0.3, 0.4) is 0 Å². The Morgan fingerprint density at radius 2 is 2.00 bits per heavy atom. The van der Waals surface area contributed by atoms with E-state index in [0.29, 0.717) is 5.56 Å². The van der Waals surface area contributed by atoms with Crippen LogP contribution in [0.5, 0.6) is 0 Å². The quantitative estimate of drug-likeness (QED) is 0.444. The second-order valence-electron chi connectivity index (χ2n) is 6.12. The number of nitrogens with zero attached hydrogens (tertiary/aromatic N) is 2. The second kappa shape index (κ2) is 7.43. The first-order valence-electron chi connectivity index (χ1n) is 8.11. The van der Waals surface area contributed by atoms with E-state index in [9.17, 15) is 23.7 Å². The largest absolute Gasteiger partial charge is 0.332 e. The Balaban J connectivity index is 1.75. The van der Waals surface area contributed by atoms with Gasteiger partial charge in [-0.3, -0.25) is 14.9 Å². The molecular weight excluding hydrogens is 342 g/mol. The summed E-state index contributed by atoms with van der Waals surface area (Å²) in [7, 11) is 0. The fourth-order valence-electron chi connectivity index (χ4n) is 2.61. The molecular formula is C19H16F2N2O3. The summed E-state index contributed by atoms with van der Waals surface area (Å²) < 4.78 is 26.9. The molecule has 0 radical (unpaired) electrons. The molecule has 2 aromatic rings. The summed E-state index contributed by atoms with van der Waals surface area (Å²) in [6.45, 7) is 0.0505. The molecule has 7 heteroatoms. The lowest BCUT2D eigenvalue weighted by Crippen LogP contribution is -2.31. The Labute approximate surface area is 148 Å². The van der Waals surface area contributed by atoms with Crippen molar-refractivity contribution in [2.24, 2.45) is 0 Å². The molecule has 0 atom stereocenters. The van der Waals surface area contributed by atoms with Crippen molar-refractivity contribution < 1.29 is 18.5 Å². The Morgan fingerprint density at radius 1 is 1.23 bits per heavy atom. The highest BCUT2D eigenvalue weighted by atomic mass is 19.1. The molecule has 0 bridgehead atoms. The molecule has 0 heterocycles. The second-order valence-corrected chi connectivity index (χ2v) is 6.12. The highest BCUT2D eigenvalue weighted by Crippen LogP contribution is 2.29. The maximum absolute atomic E-state index is 13.9. The smallest absolute Gasteiger partial charge is 0.270 e. The van der Waals surface area contributed by atoms with E-state index in [4.69, 9.17) is 0 Å². The van der Waals surface area contributed by atoms with Crippen molar-refractivity contribution in [1.82, 2.24) is 4.90 Å². The number of amides is 1. The molecule has 1 fully saturated rings. The van der Waals surface area contributed by atoms with E-state index >= 15 is 0 Å². The van der Waals surface area contributed by atoms with Gasteiger partial charge in [-0.1, -0.05) is 18.2 Å². The van der Waals surface area contributed by atoms with Crippen LogP contribution < -0.4 is 0 Å². The first kappa shape index (κ1) is 17.7. The summed E-state index contributed by atoms with van der Waals surface area (Å²) in [5.74, 6) is -1.67. The summed E-state index contributed by atoms with van der Waals surface area (Å²) in [5, 5.41) is 10.8. The Kier molecular flexibility index (Phi) is 5.06. The molecule has 0 N–H and O–H groups in total. The van der Waals surface area contributed by atoms with Gasteiger partial charge >= 0.3 is 0 Å². The van der Waals surface area contributed by atoms with E-state index in [1.807, 2.05) is 0 Å². The third kappa shape index (κ3) is 4.30. The van der Waals surface area contributed by atoms with E-state index in [1.165, 1.54) is 41.3 Å². The molecule has 0 unspecified atom stereocenters. The molecule has 3 rings (SSSR count). The van der Waals surface area contributed by atoms with Crippen molar-refractivity contribution in [2.75, 3.05) is 0 Å². The van der Waals surface area contributed by atoms with Crippen LogP contribution in [-0.4, -0.2) is 21.8 Å².